The van der Waals surface area contributed by atoms with Crippen molar-refractivity contribution in [2.45, 2.75) is 51.0 Å². The van der Waals surface area contributed by atoms with Gasteiger partial charge in [0.15, 0.2) is 0 Å². The van der Waals surface area contributed by atoms with Gasteiger partial charge in [-0.1, -0.05) is 13.0 Å². The van der Waals surface area contributed by atoms with E-state index in [9.17, 15) is 18.0 Å². The third-order valence-corrected chi connectivity index (χ3v) is 8.71. The largest absolute Gasteiger partial charge is 0.416 e. The molecular formula is C27H30F3N5O. The molecule has 1 aliphatic carbocycles. The number of piperazine rings is 1. The summed E-state index contributed by atoms with van der Waals surface area (Å²) in [6.45, 7) is 4.42. The Labute approximate surface area is 207 Å². The van der Waals surface area contributed by atoms with Crippen LogP contribution in [0.4, 0.5) is 19.0 Å². The summed E-state index contributed by atoms with van der Waals surface area (Å²) in [6.07, 6.45) is 1.34. The Bertz CT molecular complexity index is 1290. The lowest BCUT2D eigenvalue weighted by atomic mass is 9.74. The molecule has 2 N–H and O–H groups in total. The van der Waals surface area contributed by atoms with E-state index in [4.69, 9.17) is 0 Å². The maximum absolute atomic E-state index is 13.7. The number of pyridine rings is 1. The zero-order valence-corrected chi connectivity index (χ0v) is 20.2. The van der Waals surface area contributed by atoms with Crippen LogP contribution in [0, 0.1) is 11.3 Å². The lowest BCUT2D eigenvalue weighted by Gasteiger charge is -2.39. The van der Waals surface area contributed by atoms with Gasteiger partial charge >= 0.3 is 6.18 Å². The van der Waals surface area contributed by atoms with Gasteiger partial charge in [-0.05, 0) is 66.5 Å². The first-order chi connectivity index (χ1) is 17.2. The maximum atomic E-state index is 13.7. The molecule has 6 nitrogen and oxygen atoms in total. The fourth-order valence-corrected chi connectivity index (χ4v) is 6.65. The number of carbonyl (C=O) groups excluding carboxylic acids is 1. The average molecular weight is 498 g/mol. The van der Waals surface area contributed by atoms with E-state index in [0.29, 0.717) is 25.5 Å². The van der Waals surface area contributed by atoms with Crippen molar-refractivity contribution in [3.63, 3.8) is 0 Å². The zero-order chi connectivity index (χ0) is 25.1. The predicted molar refractivity (Wildman–Crippen MR) is 131 cm³/mol. The quantitative estimate of drug-likeness (QED) is 0.554. The van der Waals surface area contributed by atoms with Crippen LogP contribution in [-0.2, 0) is 17.5 Å². The number of carbonyl (C=O) groups is 1. The number of nitrogens with zero attached hydrogens (tertiary/aromatic N) is 3. The number of H-pyrrole nitrogens is 1. The van der Waals surface area contributed by atoms with Crippen molar-refractivity contribution in [1.82, 2.24) is 20.2 Å². The van der Waals surface area contributed by atoms with E-state index >= 15 is 0 Å². The highest BCUT2D eigenvalue weighted by molar-refractivity contribution is 5.87. The van der Waals surface area contributed by atoms with Gasteiger partial charge in [0.25, 0.3) is 0 Å². The summed E-state index contributed by atoms with van der Waals surface area (Å²) >= 11 is 0. The number of nitrogens with one attached hydrogen (secondary N) is 2. The second kappa shape index (κ2) is 8.50. The van der Waals surface area contributed by atoms with Gasteiger partial charge < -0.3 is 20.1 Å². The molecule has 0 bridgehead atoms. The van der Waals surface area contributed by atoms with Crippen LogP contribution in [-0.4, -0.2) is 52.5 Å². The van der Waals surface area contributed by atoms with Crippen LogP contribution in [0.25, 0.3) is 10.9 Å². The lowest BCUT2D eigenvalue weighted by Crippen LogP contribution is -2.53. The van der Waals surface area contributed by atoms with E-state index in [1.807, 2.05) is 16.0 Å². The minimum absolute atomic E-state index is 0.0164. The summed E-state index contributed by atoms with van der Waals surface area (Å²) in [5.41, 5.74) is 1.25. The number of amides is 1. The number of rotatable bonds is 4. The van der Waals surface area contributed by atoms with Crippen molar-refractivity contribution in [3.8, 4) is 0 Å². The molecule has 1 amide bonds. The molecule has 1 aromatic carbocycles. The van der Waals surface area contributed by atoms with Gasteiger partial charge in [0, 0.05) is 50.1 Å². The molecular weight excluding hydrogens is 467 g/mol. The fraction of sp³-hybridized carbons (Fsp3) is 0.481. The van der Waals surface area contributed by atoms with Gasteiger partial charge in [-0.2, -0.15) is 13.2 Å². The second-order valence-corrected chi connectivity index (χ2v) is 10.6. The molecule has 9 heteroatoms. The Morgan fingerprint density at radius 1 is 1.19 bits per heavy atom. The van der Waals surface area contributed by atoms with Crippen molar-refractivity contribution < 1.29 is 18.0 Å². The zero-order valence-electron chi connectivity index (χ0n) is 20.2. The van der Waals surface area contributed by atoms with Crippen molar-refractivity contribution in [3.05, 3.63) is 59.9 Å². The monoisotopic (exact) mass is 497 g/mol. The van der Waals surface area contributed by atoms with Gasteiger partial charge in [-0.25, -0.2) is 4.98 Å². The van der Waals surface area contributed by atoms with Gasteiger partial charge in [0.2, 0.25) is 5.91 Å². The van der Waals surface area contributed by atoms with E-state index in [-0.39, 0.29) is 23.9 Å². The third-order valence-electron chi connectivity index (χ3n) is 8.71. The van der Waals surface area contributed by atoms with Gasteiger partial charge in [-0.15, -0.1) is 0 Å². The average Bonchev–Trinajstić information content (AvgIpc) is 3.57. The second-order valence-electron chi connectivity index (χ2n) is 10.6. The van der Waals surface area contributed by atoms with Crippen molar-refractivity contribution in [1.29, 1.82) is 0 Å². The Morgan fingerprint density at radius 2 is 2.06 bits per heavy atom. The maximum Gasteiger partial charge on any atom is 0.416 e. The number of aromatic amines is 1. The van der Waals surface area contributed by atoms with Gasteiger partial charge in [-0.3, -0.25) is 4.79 Å². The first kappa shape index (κ1) is 23.3. The SMILES string of the molecule is CC1C2CN(c3cc(C(F)(F)F)ccn3)CCN2C(=O)[C@]12CC[C@@H](NCc1ccc3[nH]ccc3c1)C2. The highest BCUT2D eigenvalue weighted by Gasteiger charge is 2.60. The summed E-state index contributed by atoms with van der Waals surface area (Å²) in [5, 5.41) is 4.86. The lowest BCUT2D eigenvalue weighted by molar-refractivity contribution is -0.138. The number of benzene rings is 1. The summed E-state index contributed by atoms with van der Waals surface area (Å²) in [5.74, 6) is 0.673. The van der Waals surface area contributed by atoms with Gasteiger partial charge in [0.1, 0.15) is 5.82 Å². The highest BCUT2D eigenvalue weighted by atomic mass is 19.4. The Kier molecular flexibility index (Phi) is 5.51. The third kappa shape index (κ3) is 3.84. The smallest absolute Gasteiger partial charge is 0.361 e. The van der Waals surface area contributed by atoms with Crippen LogP contribution in [0.15, 0.2) is 48.8 Å². The Balaban J connectivity index is 1.14. The molecule has 2 aromatic heterocycles. The van der Waals surface area contributed by atoms with Crippen LogP contribution in [0.2, 0.25) is 0 Å². The number of halogens is 3. The van der Waals surface area contributed by atoms with E-state index in [1.54, 1.807) is 0 Å². The standard InChI is InChI=1S/C27H30F3N5O/c1-17-23-16-34(24-13-20(6-9-32-24)27(28,29)30)10-11-35(23)25(36)26(17)7-4-21(14-26)33-15-18-2-3-22-19(12-18)5-8-31-22/h2-3,5-6,8-9,12-13,17,21,23,31,33H,4,7,10-11,14-16H2,1H3/t17?,21-,23?,26+/m1/s1. The normalized spacial score (nSPS) is 28.4. The number of aromatic nitrogens is 2. The summed E-state index contributed by atoms with van der Waals surface area (Å²) in [7, 11) is 0. The van der Waals surface area contributed by atoms with Crippen LogP contribution in [0.3, 0.4) is 0 Å². The van der Waals surface area contributed by atoms with Crippen molar-refractivity contribution >= 4 is 22.6 Å². The predicted octanol–water partition coefficient (Wildman–Crippen LogP) is 4.58. The molecule has 2 unspecified atom stereocenters. The van der Waals surface area contributed by atoms with Crippen LogP contribution < -0.4 is 10.2 Å². The van der Waals surface area contributed by atoms with E-state index in [1.165, 1.54) is 17.1 Å². The molecule has 3 aromatic rings. The number of hydrogen-bond donors (Lipinski definition) is 2. The van der Waals surface area contributed by atoms with Crippen molar-refractivity contribution in [2.75, 3.05) is 24.5 Å². The molecule has 3 aliphatic rings. The molecule has 2 saturated heterocycles. The molecule has 0 radical (unpaired) electrons. The molecule has 6 rings (SSSR count). The molecule has 4 heterocycles. The summed E-state index contributed by atoms with van der Waals surface area (Å²) in [4.78, 5) is 25.0. The van der Waals surface area contributed by atoms with E-state index in [2.05, 4.69) is 46.5 Å². The Morgan fingerprint density at radius 3 is 2.89 bits per heavy atom. The van der Waals surface area contributed by atoms with Crippen LogP contribution in [0.1, 0.15) is 37.3 Å². The molecule has 190 valence electrons. The Hall–Kier alpha value is -3.07. The van der Waals surface area contributed by atoms with E-state index < -0.39 is 17.2 Å². The van der Waals surface area contributed by atoms with Gasteiger partial charge in [0.05, 0.1) is 17.0 Å². The molecule has 1 saturated carbocycles. The van der Waals surface area contributed by atoms with E-state index in [0.717, 1.165) is 43.5 Å². The number of hydrogen-bond acceptors (Lipinski definition) is 4. The highest BCUT2D eigenvalue weighted by Crippen LogP contribution is 2.53. The number of alkyl halides is 3. The molecule has 4 atom stereocenters. The first-order valence-electron chi connectivity index (χ1n) is 12.6. The summed E-state index contributed by atoms with van der Waals surface area (Å²) in [6, 6.07) is 10.8. The molecule has 1 spiro atoms. The molecule has 2 aliphatic heterocycles. The molecule has 3 fully saturated rings. The fourth-order valence-electron chi connectivity index (χ4n) is 6.65. The summed E-state index contributed by atoms with van der Waals surface area (Å²) < 4.78 is 39.7. The topological polar surface area (TPSA) is 64.3 Å². The number of anilines is 1. The van der Waals surface area contributed by atoms with Crippen molar-refractivity contribution in [2.24, 2.45) is 11.3 Å². The molecule has 36 heavy (non-hydrogen) atoms. The minimum atomic E-state index is -4.40. The van der Waals surface area contributed by atoms with Crippen LogP contribution >= 0.6 is 0 Å². The minimum Gasteiger partial charge on any atom is -0.361 e. The van der Waals surface area contributed by atoms with Crippen LogP contribution in [0.5, 0.6) is 0 Å². The first-order valence-corrected chi connectivity index (χ1v) is 12.6. The number of fused-ring (bicyclic) bond motifs is 2.